The lowest BCUT2D eigenvalue weighted by Crippen LogP contribution is -2.28. The molecule has 1 aliphatic rings. The van der Waals surface area contributed by atoms with Crippen molar-refractivity contribution < 1.29 is 23.1 Å². The fourth-order valence-corrected chi connectivity index (χ4v) is 3.32. The smallest absolute Gasteiger partial charge is 0.277 e. The van der Waals surface area contributed by atoms with Crippen LogP contribution in [0.2, 0.25) is 0 Å². The zero-order valence-corrected chi connectivity index (χ0v) is 15.7. The van der Waals surface area contributed by atoms with Crippen LogP contribution in [0.1, 0.15) is 5.56 Å². The summed E-state index contributed by atoms with van der Waals surface area (Å²) in [4.78, 5) is 13.8. The fraction of sp³-hybridized carbons (Fsp3) is 0.211. The van der Waals surface area contributed by atoms with Crippen LogP contribution < -0.4 is 9.47 Å². The van der Waals surface area contributed by atoms with Crippen LogP contribution in [0.25, 0.3) is 11.5 Å². The SMILES string of the molecule is CN(Cc1ccccc1F)C(=O)CSc1nnc(-c2ccc3c(c2)OCO3)o1. The molecule has 1 aliphatic heterocycles. The zero-order chi connectivity index (χ0) is 19.5. The first kappa shape index (κ1) is 18.3. The standard InChI is InChI=1S/C19H16FN3O4S/c1-23(9-13-4-2-3-5-14(13)20)17(24)10-28-19-22-21-18(27-19)12-6-7-15-16(8-12)26-11-25-15/h2-8H,9-11H2,1H3. The number of aromatic nitrogens is 2. The van der Waals surface area contributed by atoms with Crippen molar-refractivity contribution in [1.82, 2.24) is 15.1 Å². The van der Waals surface area contributed by atoms with Crippen molar-refractivity contribution in [2.75, 3.05) is 19.6 Å². The Morgan fingerprint density at radius 3 is 2.86 bits per heavy atom. The molecule has 1 aromatic heterocycles. The van der Waals surface area contributed by atoms with Crippen molar-refractivity contribution >= 4 is 17.7 Å². The highest BCUT2D eigenvalue weighted by atomic mass is 32.2. The molecule has 0 spiro atoms. The van der Waals surface area contributed by atoms with Crippen molar-refractivity contribution in [3.05, 3.63) is 53.8 Å². The second kappa shape index (κ2) is 7.89. The van der Waals surface area contributed by atoms with Gasteiger partial charge in [-0.05, 0) is 24.3 Å². The average Bonchev–Trinajstić information content (AvgIpc) is 3.36. The molecule has 4 rings (SSSR count). The molecule has 0 saturated carbocycles. The Balaban J connectivity index is 1.35. The van der Waals surface area contributed by atoms with E-state index in [-0.39, 0.29) is 36.0 Å². The Kier molecular flexibility index (Phi) is 5.16. The summed E-state index contributed by atoms with van der Waals surface area (Å²) in [6, 6.07) is 11.7. The summed E-state index contributed by atoms with van der Waals surface area (Å²) in [7, 11) is 1.63. The topological polar surface area (TPSA) is 77.7 Å². The second-order valence-electron chi connectivity index (χ2n) is 6.07. The van der Waals surface area contributed by atoms with E-state index in [1.165, 1.54) is 11.0 Å². The molecular formula is C19H16FN3O4S. The maximum absolute atomic E-state index is 13.7. The van der Waals surface area contributed by atoms with Crippen LogP contribution >= 0.6 is 11.8 Å². The van der Waals surface area contributed by atoms with Crippen LogP contribution in [-0.4, -0.2) is 40.6 Å². The molecule has 9 heteroatoms. The lowest BCUT2D eigenvalue weighted by atomic mass is 10.2. The number of nitrogens with zero attached hydrogens (tertiary/aromatic N) is 3. The normalized spacial score (nSPS) is 12.2. The highest BCUT2D eigenvalue weighted by molar-refractivity contribution is 7.99. The number of fused-ring (bicyclic) bond motifs is 1. The summed E-state index contributed by atoms with van der Waals surface area (Å²) in [5.41, 5.74) is 1.16. The van der Waals surface area contributed by atoms with Crippen molar-refractivity contribution in [2.24, 2.45) is 0 Å². The molecular weight excluding hydrogens is 385 g/mol. The van der Waals surface area contributed by atoms with Gasteiger partial charge < -0.3 is 18.8 Å². The van der Waals surface area contributed by atoms with Gasteiger partial charge in [0.1, 0.15) is 5.82 Å². The van der Waals surface area contributed by atoms with E-state index in [0.717, 1.165) is 11.8 Å². The molecule has 28 heavy (non-hydrogen) atoms. The van der Waals surface area contributed by atoms with Crippen LogP contribution in [-0.2, 0) is 11.3 Å². The Morgan fingerprint density at radius 1 is 1.18 bits per heavy atom. The Hall–Kier alpha value is -3.07. The molecule has 2 aromatic carbocycles. The number of hydrogen-bond donors (Lipinski definition) is 0. The molecule has 0 atom stereocenters. The van der Waals surface area contributed by atoms with E-state index < -0.39 is 0 Å². The Morgan fingerprint density at radius 2 is 2.00 bits per heavy atom. The number of benzene rings is 2. The van der Waals surface area contributed by atoms with Gasteiger partial charge in [-0.3, -0.25) is 4.79 Å². The number of carbonyl (C=O) groups excluding carboxylic acids is 1. The average molecular weight is 401 g/mol. The minimum absolute atomic E-state index is 0.105. The summed E-state index contributed by atoms with van der Waals surface area (Å²) in [5, 5.41) is 8.24. The predicted molar refractivity (Wildman–Crippen MR) is 99.5 cm³/mol. The monoisotopic (exact) mass is 401 g/mol. The van der Waals surface area contributed by atoms with E-state index in [4.69, 9.17) is 13.9 Å². The fourth-order valence-electron chi connectivity index (χ4n) is 2.62. The van der Waals surface area contributed by atoms with Crippen LogP contribution in [0.4, 0.5) is 4.39 Å². The summed E-state index contributed by atoms with van der Waals surface area (Å²) in [6.07, 6.45) is 0. The van der Waals surface area contributed by atoms with Gasteiger partial charge in [0, 0.05) is 24.7 Å². The van der Waals surface area contributed by atoms with Crippen molar-refractivity contribution in [3.8, 4) is 23.0 Å². The zero-order valence-electron chi connectivity index (χ0n) is 14.9. The molecule has 1 amide bonds. The highest BCUT2D eigenvalue weighted by Gasteiger charge is 2.18. The lowest BCUT2D eigenvalue weighted by molar-refractivity contribution is -0.127. The van der Waals surface area contributed by atoms with Gasteiger partial charge in [0.15, 0.2) is 11.5 Å². The molecule has 0 unspecified atom stereocenters. The van der Waals surface area contributed by atoms with E-state index in [9.17, 15) is 9.18 Å². The molecule has 0 bridgehead atoms. The highest BCUT2D eigenvalue weighted by Crippen LogP contribution is 2.36. The molecule has 0 radical (unpaired) electrons. The third kappa shape index (κ3) is 3.94. The summed E-state index contributed by atoms with van der Waals surface area (Å²) < 4.78 is 29.9. The van der Waals surface area contributed by atoms with Crippen LogP contribution in [0.3, 0.4) is 0 Å². The minimum Gasteiger partial charge on any atom is -0.454 e. The maximum Gasteiger partial charge on any atom is 0.277 e. The summed E-state index contributed by atoms with van der Waals surface area (Å²) in [5.74, 6) is 1.22. The van der Waals surface area contributed by atoms with Gasteiger partial charge in [0.05, 0.1) is 5.75 Å². The Bertz CT molecular complexity index is 1010. The quantitative estimate of drug-likeness (QED) is 0.586. The van der Waals surface area contributed by atoms with Crippen LogP contribution in [0, 0.1) is 5.82 Å². The van der Waals surface area contributed by atoms with E-state index in [2.05, 4.69) is 10.2 Å². The van der Waals surface area contributed by atoms with E-state index >= 15 is 0 Å². The third-order valence-electron chi connectivity index (χ3n) is 4.14. The molecule has 2 heterocycles. The molecule has 7 nitrogen and oxygen atoms in total. The number of ether oxygens (including phenoxy) is 2. The third-order valence-corrected chi connectivity index (χ3v) is 4.94. The van der Waals surface area contributed by atoms with Gasteiger partial charge in [-0.15, -0.1) is 10.2 Å². The number of hydrogen-bond acceptors (Lipinski definition) is 7. The van der Waals surface area contributed by atoms with Gasteiger partial charge in [-0.1, -0.05) is 30.0 Å². The molecule has 0 N–H and O–H groups in total. The molecule has 0 aliphatic carbocycles. The van der Waals surface area contributed by atoms with Crippen LogP contribution in [0.5, 0.6) is 11.5 Å². The van der Waals surface area contributed by atoms with Gasteiger partial charge in [0.25, 0.3) is 5.22 Å². The first-order valence-corrected chi connectivity index (χ1v) is 9.42. The molecule has 144 valence electrons. The molecule has 3 aromatic rings. The van der Waals surface area contributed by atoms with E-state index in [1.807, 2.05) is 0 Å². The minimum atomic E-state index is -0.333. The Labute approximate surface area is 164 Å². The van der Waals surface area contributed by atoms with E-state index in [0.29, 0.717) is 28.5 Å². The van der Waals surface area contributed by atoms with Crippen molar-refractivity contribution in [3.63, 3.8) is 0 Å². The maximum atomic E-state index is 13.7. The number of rotatable bonds is 6. The molecule has 0 fully saturated rings. The predicted octanol–water partition coefficient (Wildman–Crippen LogP) is 3.36. The van der Waals surface area contributed by atoms with Gasteiger partial charge >= 0.3 is 0 Å². The van der Waals surface area contributed by atoms with E-state index in [1.54, 1.807) is 43.4 Å². The summed E-state index contributed by atoms with van der Waals surface area (Å²) in [6.45, 7) is 0.380. The lowest BCUT2D eigenvalue weighted by Gasteiger charge is -2.16. The summed E-state index contributed by atoms with van der Waals surface area (Å²) >= 11 is 1.13. The van der Waals surface area contributed by atoms with Crippen molar-refractivity contribution in [2.45, 2.75) is 11.8 Å². The number of carbonyl (C=O) groups is 1. The molecule has 0 saturated heterocycles. The van der Waals surface area contributed by atoms with Crippen molar-refractivity contribution in [1.29, 1.82) is 0 Å². The first-order chi connectivity index (χ1) is 13.6. The first-order valence-electron chi connectivity index (χ1n) is 8.44. The number of halogens is 1. The van der Waals surface area contributed by atoms with Gasteiger partial charge in [-0.2, -0.15) is 0 Å². The number of thioether (sulfide) groups is 1. The van der Waals surface area contributed by atoms with Gasteiger partial charge in [-0.25, -0.2) is 4.39 Å². The van der Waals surface area contributed by atoms with Crippen LogP contribution in [0.15, 0.2) is 52.1 Å². The number of amides is 1. The largest absolute Gasteiger partial charge is 0.454 e. The second-order valence-corrected chi connectivity index (χ2v) is 7.00. The van der Waals surface area contributed by atoms with Gasteiger partial charge in [0.2, 0.25) is 18.6 Å².